The van der Waals surface area contributed by atoms with Crippen molar-refractivity contribution in [1.29, 1.82) is 0 Å². The highest BCUT2D eigenvalue weighted by atomic mass is 16.3. The van der Waals surface area contributed by atoms with E-state index in [1.54, 1.807) is 0 Å². The van der Waals surface area contributed by atoms with E-state index in [1.807, 2.05) is 0 Å². The van der Waals surface area contributed by atoms with Crippen LogP contribution in [0, 0.1) is 5.92 Å². The normalized spacial score (nSPS) is 34.8. The number of carbonyl (C=O) groups is 1. The standard InChI is InChI=1S/C20H18O2/c21-17-9-10-20-15-7-3-1-5-12(15)14(11-18(22)19(17)20)13-6-2-4-8-16(13)20/h1-8,14,17,19,21H,9-11H2/t14?,17-,19-,20?/m0/s1. The van der Waals surface area contributed by atoms with Gasteiger partial charge >= 0.3 is 0 Å². The van der Waals surface area contributed by atoms with Crippen molar-refractivity contribution in [3.05, 3.63) is 70.8 Å². The van der Waals surface area contributed by atoms with E-state index in [-0.39, 0.29) is 23.0 Å². The Kier molecular flexibility index (Phi) is 2.34. The molecule has 1 fully saturated rings. The van der Waals surface area contributed by atoms with Gasteiger partial charge in [-0.15, -0.1) is 0 Å². The van der Waals surface area contributed by atoms with Crippen molar-refractivity contribution in [1.82, 2.24) is 0 Å². The molecule has 22 heavy (non-hydrogen) atoms. The summed E-state index contributed by atoms with van der Waals surface area (Å²) in [6, 6.07) is 17.0. The third-order valence-corrected chi connectivity index (χ3v) is 6.14. The molecule has 0 radical (unpaired) electrons. The Labute approximate surface area is 129 Å². The monoisotopic (exact) mass is 290 g/mol. The lowest BCUT2D eigenvalue weighted by atomic mass is 9.61. The van der Waals surface area contributed by atoms with E-state index in [2.05, 4.69) is 48.5 Å². The number of ketones is 1. The molecule has 0 aromatic heterocycles. The molecule has 0 amide bonds. The number of fused-ring (bicyclic) bond motifs is 1. The predicted molar refractivity (Wildman–Crippen MR) is 83.9 cm³/mol. The fourth-order valence-electron chi connectivity index (χ4n) is 5.39. The van der Waals surface area contributed by atoms with Crippen LogP contribution in [-0.2, 0) is 10.2 Å². The Hall–Kier alpha value is -1.93. The highest BCUT2D eigenvalue weighted by Crippen LogP contribution is 2.61. The first-order chi connectivity index (χ1) is 10.7. The Balaban J connectivity index is 1.94. The van der Waals surface area contributed by atoms with Gasteiger partial charge in [-0.2, -0.15) is 0 Å². The van der Waals surface area contributed by atoms with Crippen molar-refractivity contribution >= 4 is 5.78 Å². The molecule has 1 spiro atoms. The summed E-state index contributed by atoms with van der Waals surface area (Å²) in [7, 11) is 0. The molecule has 0 heterocycles. The number of benzene rings is 2. The second-order valence-corrected chi connectivity index (χ2v) is 6.95. The SMILES string of the molecule is O=C1CC2c3ccccc3C3(CC[C@H](O)[C@@H]13)c1ccccc12. The van der Waals surface area contributed by atoms with Gasteiger partial charge in [0.2, 0.25) is 0 Å². The van der Waals surface area contributed by atoms with Gasteiger partial charge in [-0.05, 0) is 35.1 Å². The van der Waals surface area contributed by atoms with Gasteiger partial charge < -0.3 is 5.11 Å². The molecule has 2 atom stereocenters. The number of hydrogen-bond donors (Lipinski definition) is 1. The quantitative estimate of drug-likeness (QED) is 0.809. The summed E-state index contributed by atoms with van der Waals surface area (Å²) >= 11 is 0. The van der Waals surface area contributed by atoms with Gasteiger partial charge in [0, 0.05) is 17.8 Å². The third-order valence-electron chi connectivity index (χ3n) is 6.14. The van der Waals surface area contributed by atoms with Crippen molar-refractivity contribution in [2.45, 2.75) is 36.7 Å². The molecule has 0 unspecified atom stereocenters. The summed E-state index contributed by atoms with van der Waals surface area (Å²) in [6.07, 6.45) is 1.59. The zero-order valence-corrected chi connectivity index (χ0v) is 12.3. The van der Waals surface area contributed by atoms with Crippen LogP contribution in [0.3, 0.4) is 0 Å². The predicted octanol–water partition coefficient (Wildman–Crippen LogP) is 3.16. The van der Waals surface area contributed by atoms with Crippen molar-refractivity contribution in [2.24, 2.45) is 5.92 Å². The largest absolute Gasteiger partial charge is 0.392 e. The van der Waals surface area contributed by atoms with Gasteiger partial charge in [0.15, 0.2) is 0 Å². The van der Waals surface area contributed by atoms with Crippen molar-refractivity contribution in [3.8, 4) is 0 Å². The minimum atomic E-state index is -0.509. The van der Waals surface area contributed by atoms with Crippen LogP contribution in [-0.4, -0.2) is 17.0 Å². The van der Waals surface area contributed by atoms with Crippen molar-refractivity contribution < 1.29 is 9.90 Å². The highest BCUT2D eigenvalue weighted by molar-refractivity contribution is 5.89. The van der Waals surface area contributed by atoms with Crippen LogP contribution in [0.2, 0.25) is 0 Å². The maximum atomic E-state index is 12.9. The average molecular weight is 290 g/mol. The van der Waals surface area contributed by atoms with Gasteiger partial charge in [-0.1, -0.05) is 48.5 Å². The molecule has 2 aromatic rings. The lowest BCUT2D eigenvalue weighted by molar-refractivity contribution is -0.126. The van der Waals surface area contributed by atoms with E-state index in [0.29, 0.717) is 12.8 Å². The molecule has 2 heteroatoms. The second-order valence-electron chi connectivity index (χ2n) is 6.95. The Morgan fingerprint density at radius 3 is 2.18 bits per heavy atom. The smallest absolute Gasteiger partial charge is 0.140 e. The number of carbonyl (C=O) groups excluding carboxylic acids is 1. The average Bonchev–Trinajstić information content (AvgIpc) is 2.79. The van der Waals surface area contributed by atoms with E-state index in [9.17, 15) is 9.90 Å². The van der Waals surface area contributed by atoms with Crippen LogP contribution in [0.25, 0.3) is 0 Å². The number of rotatable bonds is 0. The maximum Gasteiger partial charge on any atom is 0.140 e. The van der Waals surface area contributed by atoms with E-state index < -0.39 is 6.10 Å². The second kappa shape index (κ2) is 4.08. The summed E-state index contributed by atoms with van der Waals surface area (Å²) in [6.45, 7) is 0. The van der Waals surface area contributed by atoms with E-state index in [1.165, 1.54) is 22.3 Å². The fraction of sp³-hybridized carbons (Fsp3) is 0.350. The summed E-state index contributed by atoms with van der Waals surface area (Å²) < 4.78 is 0. The van der Waals surface area contributed by atoms with Gasteiger partial charge in [-0.3, -0.25) is 4.79 Å². The maximum absolute atomic E-state index is 12.9. The van der Waals surface area contributed by atoms with E-state index in [4.69, 9.17) is 0 Å². The minimum absolute atomic E-state index is 0.156. The minimum Gasteiger partial charge on any atom is -0.392 e. The molecule has 0 aliphatic heterocycles. The van der Waals surface area contributed by atoms with Crippen LogP contribution < -0.4 is 0 Å². The molecule has 4 aliphatic carbocycles. The number of hydrogen-bond acceptors (Lipinski definition) is 2. The van der Waals surface area contributed by atoms with E-state index >= 15 is 0 Å². The lowest BCUT2D eigenvalue weighted by Crippen LogP contribution is -2.40. The molecule has 2 nitrogen and oxygen atoms in total. The Morgan fingerprint density at radius 1 is 0.955 bits per heavy atom. The first-order valence-electron chi connectivity index (χ1n) is 8.13. The number of aliphatic hydroxyl groups excluding tert-OH is 1. The van der Waals surface area contributed by atoms with Crippen LogP contribution in [0.5, 0.6) is 0 Å². The summed E-state index contributed by atoms with van der Waals surface area (Å²) in [5.74, 6) is 0.119. The summed E-state index contributed by atoms with van der Waals surface area (Å²) in [5, 5.41) is 10.6. The molecule has 2 bridgehead atoms. The van der Waals surface area contributed by atoms with Crippen LogP contribution >= 0.6 is 0 Å². The van der Waals surface area contributed by atoms with Gasteiger partial charge in [0.05, 0.1) is 12.0 Å². The van der Waals surface area contributed by atoms with E-state index in [0.717, 1.165) is 6.42 Å². The van der Waals surface area contributed by atoms with Gasteiger partial charge in [0.1, 0.15) is 5.78 Å². The summed E-state index contributed by atoms with van der Waals surface area (Å²) in [5.41, 5.74) is 4.85. The topological polar surface area (TPSA) is 37.3 Å². The summed E-state index contributed by atoms with van der Waals surface area (Å²) in [4.78, 5) is 12.9. The zero-order chi connectivity index (χ0) is 14.9. The molecular weight excluding hydrogens is 272 g/mol. The molecule has 110 valence electrons. The van der Waals surface area contributed by atoms with Gasteiger partial charge in [0.25, 0.3) is 0 Å². The van der Waals surface area contributed by atoms with Crippen LogP contribution in [0.1, 0.15) is 47.4 Å². The Bertz CT molecular complexity index is 744. The lowest BCUT2D eigenvalue weighted by Gasteiger charge is -2.41. The van der Waals surface area contributed by atoms with Crippen molar-refractivity contribution in [3.63, 3.8) is 0 Å². The molecule has 1 saturated carbocycles. The molecule has 1 N–H and O–H groups in total. The van der Waals surface area contributed by atoms with Crippen LogP contribution in [0.15, 0.2) is 48.5 Å². The third kappa shape index (κ3) is 1.28. The molecule has 6 rings (SSSR count). The number of Topliss-reactive ketones (excluding diaryl/α,β-unsaturated/α-hetero) is 1. The number of aliphatic hydroxyl groups is 1. The molecule has 2 aromatic carbocycles. The zero-order valence-electron chi connectivity index (χ0n) is 12.3. The molecule has 4 aliphatic rings. The van der Waals surface area contributed by atoms with Gasteiger partial charge in [-0.25, -0.2) is 0 Å². The van der Waals surface area contributed by atoms with Crippen LogP contribution in [0.4, 0.5) is 0 Å². The first kappa shape index (κ1) is 12.6. The Morgan fingerprint density at radius 2 is 1.55 bits per heavy atom. The first-order valence-corrected chi connectivity index (χ1v) is 8.13. The molecule has 0 saturated heterocycles. The highest BCUT2D eigenvalue weighted by Gasteiger charge is 2.59. The molecular formula is C20H18O2. The fourth-order valence-corrected chi connectivity index (χ4v) is 5.39. The van der Waals surface area contributed by atoms with Crippen molar-refractivity contribution in [2.75, 3.05) is 0 Å².